The Balaban J connectivity index is 0.000000573. The van der Waals surface area contributed by atoms with Crippen LogP contribution in [0.2, 0.25) is 0 Å². The predicted octanol–water partition coefficient (Wildman–Crippen LogP) is 8.39. The van der Waals surface area contributed by atoms with Crippen molar-refractivity contribution >= 4 is 32.7 Å². The van der Waals surface area contributed by atoms with E-state index in [1.807, 2.05) is 6.92 Å². The Hall–Kier alpha value is -0.660. The minimum atomic E-state index is -4.27. The van der Waals surface area contributed by atoms with Crippen LogP contribution in [-0.4, -0.2) is 55.8 Å². The van der Waals surface area contributed by atoms with Crippen molar-refractivity contribution in [2.24, 2.45) is 0 Å². The van der Waals surface area contributed by atoms with Crippen molar-refractivity contribution in [2.45, 2.75) is 135 Å². The van der Waals surface area contributed by atoms with Gasteiger partial charge < -0.3 is 13.8 Å². The third-order valence-electron chi connectivity index (χ3n) is 7.53. The lowest BCUT2D eigenvalue weighted by Gasteiger charge is -2.45. The number of hydrogen-bond donors (Lipinski definition) is 0. The van der Waals surface area contributed by atoms with Crippen molar-refractivity contribution in [2.75, 3.05) is 26.2 Å². The van der Waals surface area contributed by atoms with Crippen molar-refractivity contribution in [3.63, 3.8) is 0 Å². The van der Waals surface area contributed by atoms with E-state index < -0.39 is 10.1 Å². The van der Waals surface area contributed by atoms with Crippen molar-refractivity contribution < 1.29 is 22.2 Å². The summed E-state index contributed by atoms with van der Waals surface area (Å²) in [7, 11) is -4.27. The molecule has 5 nitrogen and oxygen atoms in total. The largest absolute Gasteiger partial charge is 0.744 e. The maximum atomic E-state index is 10.4. The molecular weight excluding hydrogens is 621 g/mol. The molecule has 0 bridgehead atoms. The number of nitrogens with zero attached hydrogens (tertiary/aromatic N) is 1. The van der Waals surface area contributed by atoms with Crippen molar-refractivity contribution in [3.05, 3.63) is 29.8 Å². The van der Waals surface area contributed by atoms with Gasteiger partial charge in [0.2, 0.25) is 0 Å². The highest BCUT2D eigenvalue weighted by molar-refractivity contribution is 14.1. The van der Waals surface area contributed by atoms with Gasteiger partial charge in [0.15, 0.2) is 0 Å². The van der Waals surface area contributed by atoms with Crippen LogP contribution in [0.3, 0.4) is 0 Å². The SMILES string of the molecule is CCCCCCCCCCCCCCCC[N+]1(CC#CI)CC(C)OC(C)C1.Cc1ccc(S(=O)(=O)[O-])cc1. The number of rotatable bonds is 17. The Labute approximate surface area is 254 Å². The lowest BCUT2D eigenvalue weighted by molar-refractivity contribution is -0.935. The minimum absolute atomic E-state index is 0.178. The van der Waals surface area contributed by atoms with Gasteiger partial charge in [-0.05, 0) is 55.6 Å². The smallest absolute Gasteiger partial charge is 0.141 e. The summed E-state index contributed by atoms with van der Waals surface area (Å²) in [5.41, 5.74) is 0.928. The Kier molecular flexibility index (Phi) is 19.7. The summed E-state index contributed by atoms with van der Waals surface area (Å²) in [6.07, 6.45) is 20.7. The van der Waals surface area contributed by atoms with E-state index in [4.69, 9.17) is 4.74 Å². The highest BCUT2D eigenvalue weighted by Gasteiger charge is 2.36. The topological polar surface area (TPSA) is 66.4 Å². The first kappa shape index (κ1) is 36.4. The quantitative estimate of drug-likeness (QED) is 0.0547. The molecule has 1 saturated heterocycles. The van der Waals surface area contributed by atoms with Gasteiger partial charge in [-0.15, -0.1) is 0 Å². The number of ether oxygens (including phenoxy) is 1. The van der Waals surface area contributed by atoms with Crippen LogP contribution in [0, 0.1) is 16.8 Å². The van der Waals surface area contributed by atoms with E-state index >= 15 is 0 Å². The summed E-state index contributed by atoms with van der Waals surface area (Å²) in [4.78, 5) is -0.178. The summed E-state index contributed by atoms with van der Waals surface area (Å²) in [6.45, 7) is 13.1. The molecule has 0 N–H and O–H groups in total. The van der Waals surface area contributed by atoms with Gasteiger partial charge >= 0.3 is 0 Å². The first-order chi connectivity index (χ1) is 18.6. The molecule has 1 aromatic carbocycles. The highest BCUT2D eigenvalue weighted by atomic mass is 127. The van der Waals surface area contributed by atoms with E-state index in [1.165, 1.54) is 109 Å². The van der Waals surface area contributed by atoms with E-state index in [0.29, 0.717) is 12.2 Å². The minimum Gasteiger partial charge on any atom is -0.744 e. The predicted molar refractivity (Wildman–Crippen MR) is 171 cm³/mol. The van der Waals surface area contributed by atoms with Gasteiger partial charge in [-0.25, -0.2) is 8.42 Å². The summed E-state index contributed by atoms with van der Waals surface area (Å²) in [5, 5.41) is 0. The summed E-state index contributed by atoms with van der Waals surface area (Å²) in [6, 6.07) is 5.78. The van der Waals surface area contributed by atoms with Gasteiger partial charge in [-0.2, -0.15) is 0 Å². The molecule has 39 heavy (non-hydrogen) atoms. The molecule has 224 valence electrons. The molecule has 1 fully saturated rings. The molecule has 2 rings (SSSR count). The Bertz CT molecular complexity index is 914. The second-order valence-corrected chi connectivity index (χ2v) is 13.4. The maximum absolute atomic E-state index is 10.4. The summed E-state index contributed by atoms with van der Waals surface area (Å²) in [5.74, 6) is 3.35. The van der Waals surface area contributed by atoms with Crippen LogP contribution in [0.15, 0.2) is 29.2 Å². The third-order valence-corrected chi connectivity index (χ3v) is 8.76. The zero-order valence-corrected chi connectivity index (χ0v) is 28.0. The Morgan fingerprint density at radius 3 is 1.69 bits per heavy atom. The fraction of sp³-hybridized carbons (Fsp3) is 0.750. The molecule has 0 radical (unpaired) electrons. The monoisotopic (exact) mass is 675 g/mol. The van der Waals surface area contributed by atoms with E-state index in [9.17, 15) is 13.0 Å². The second-order valence-electron chi connectivity index (χ2n) is 11.5. The molecule has 0 spiro atoms. The zero-order chi connectivity index (χ0) is 29.0. The number of aryl methyl sites for hydroxylation is 1. The van der Waals surface area contributed by atoms with Crippen LogP contribution in [0.25, 0.3) is 0 Å². The third kappa shape index (κ3) is 17.7. The second kappa shape index (κ2) is 21.1. The molecule has 1 aromatic rings. The van der Waals surface area contributed by atoms with E-state index in [2.05, 4.69) is 53.2 Å². The van der Waals surface area contributed by atoms with Crippen molar-refractivity contribution in [1.29, 1.82) is 0 Å². The summed E-state index contributed by atoms with van der Waals surface area (Å²) < 4.78 is 41.4. The standard InChI is InChI=1S/C25H47INO.C7H8O3S/c1-4-5-6-7-8-9-10-11-12-13-14-15-16-17-20-27(21-18-19-26)22-24(2)28-25(3)23-27;1-6-2-4-7(5-3-6)11(8,9)10/h24-25H,4-17,20-23H2,1-3H3;2-5H,1H3,(H,8,9,10)/q+1;/p-1. The van der Waals surface area contributed by atoms with Gasteiger partial charge in [0.1, 0.15) is 42.0 Å². The average Bonchev–Trinajstić information content (AvgIpc) is 2.87. The number of quaternary nitrogens is 1. The number of unbranched alkanes of at least 4 members (excludes halogenated alkanes) is 13. The molecule has 7 heteroatoms. The lowest BCUT2D eigenvalue weighted by atomic mass is 10.0. The van der Waals surface area contributed by atoms with E-state index in [1.54, 1.807) is 12.1 Å². The number of morpholine rings is 1. The fourth-order valence-electron chi connectivity index (χ4n) is 5.58. The van der Waals surface area contributed by atoms with Crippen molar-refractivity contribution in [3.8, 4) is 9.85 Å². The molecule has 1 aliphatic heterocycles. The van der Waals surface area contributed by atoms with Gasteiger partial charge in [0.25, 0.3) is 0 Å². The molecule has 0 aromatic heterocycles. The molecule has 2 atom stereocenters. The van der Waals surface area contributed by atoms with Crippen LogP contribution in [-0.2, 0) is 14.9 Å². The normalized spacial score (nSPS) is 21.0. The van der Waals surface area contributed by atoms with E-state index in [0.717, 1.165) is 29.7 Å². The molecule has 0 aliphatic carbocycles. The number of benzene rings is 1. The Morgan fingerprint density at radius 1 is 0.846 bits per heavy atom. The summed E-state index contributed by atoms with van der Waals surface area (Å²) >= 11 is 2.18. The molecule has 1 aliphatic rings. The van der Waals surface area contributed by atoms with Gasteiger partial charge in [-0.3, -0.25) is 0 Å². The van der Waals surface area contributed by atoms with Crippen LogP contribution < -0.4 is 0 Å². The van der Waals surface area contributed by atoms with Crippen LogP contribution in [0.4, 0.5) is 0 Å². The van der Waals surface area contributed by atoms with Crippen LogP contribution in [0.5, 0.6) is 0 Å². The fourth-order valence-corrected chi connectivity index (χ4v) is 6.22. The molecule has 2 unspecified atom stereocenters. The van der Waals surface area contributed by atoms with Crippen molar-refractivity contribution in [1.82, 2.24) is 0 Å². The molecule has 0 amide bonds. The van der Waals surface area contributed by atoms with Gasteiger partial charge in [0, 0.05) is 22.6 Å². The number of hydrogen-bond acceptors (Lipinski definition) is 4. The Morgan fingerprint density at radius 2 is 1.28 bits per heavy atom. The molecular formula is C32H54INO4S. The highest BCUT2D eigenvalue weighted by Crippen LogP contribution is 2.21. The maximum Gasteiger partial charge on any atom is 0.141 e. The zero-order valence-electron chi connectivity index (χ0n) is 25.1. The first-order valence-corrected chi connectivity index (χ1v) is 17.7. The van der Waals surface area contributed by atoms with E-state index in [-0.39, 0.29) is 4.90 Å². The van der Waals surface area contributed by atoms with Crippen LogP contribution >= 0.6 is 22.6 Å². The lowest BCUT2D eigenvalue weighted by Crippen LogP contribution is -2.60. The first-order valence-electron chi connectivity index (χ1n) is 15.2. The van der Waals surface area contributed by atoms with Gasteiger partial charge in [0.05, 0.1) is 11.4 Å². The van der Waals surface area contributed by atoms with Gasteiger partial charge in [-0.1, -0.05) is 102 Å². The molecule has 0 saturated carbocycles. The van der Waals surface area contributed by atoms with Crippen LogP contribution in [0.1, 0.15) is 116 Å². The molecule has 1 heterocycles. The average molecular weight is 676 g/mol. The number of halogens is 1.